The Morgan fingerprint density at radius 2 is 1.48 bits per heavy atom. The number of oxazole rings is 1. The predicted molar refractivity (Wildman–Crippen MR) is 130 cm³/mol. The Labute approximate surface area is 195 Å². The van der Waals surface area contributed by atoms with E-state index in [0.717, 1.165) is 11.1 Å². The molecule has 0 saturated carbocycles. The monoisotopic (exact) mass is 460 g/mol. The molecule has 0 atom stereocenters. The molecule has 0 spiro atoms. The first-order valence-electron chi connectivity index (χ1n) is 11.0. The zero-order chi connectivity index (χ0) is 23.3. The van der Waals surface area contributed by atoms with Gasteiger partial charge in [0.1, 0.15) is 12.8 Å². The Bertz CT molecular complexity index is 1200. The van der Waals surface area contributed by atoms with Gasteiger partial charge in [0.25, 0.3) is 0 Å². The second-order valence-electron chi connectivity index (χ2n) is 8.19. The predicted octanol–water partition coefficient (Wildman–Crippen LogP) is 3.72. The van der Waals surface area contributed by atoms with Crippen LogP contribution < -0.4 is 0 Å². The van der Waals surface area contributed by atoms with Crippen molar-refractivity contribution in [3.8, 4) is 0 Å². The van der Waals surface area contributed by atoms with Crippen LogP contribution in [0.3, 0.4) is 0 Å². The topological polar surface area (TPSA) is 81.2 Å². The highest BCUT2D eigenvalue weighted by Gasteiger charge is 2.38. The molecule has 7 nitrogen and oxygen atoms in total. The number of aromatic nitrogens is 3. The van der Waals surface area contributed by atoms with Crippen molar-refractivity contribution in [2.24, 2.45) is 0 Å². The minimum absolute atomic E-state index is 0.0221. The summed E-state index contributed by atoms with van der Waals surface area (Å²) >= 11 is 0. The van der Waals surface area contributed by atoms with Gasteiger partial charge in [0, 0.05) is 6.20 Å². The Morgan fingerprint density at radius 3 is 2.00 bits per heavy atom. The second kappa shape index (κ2) is 10.2. The lowest BCUT2D eigenvalue weighted by Crippen LogP contribution is -2.52. The van der Waals surface area contributed by atoms with Crippen molar-refractivity contribution in [3.63, 3.8) is 0 Å². The van der Waals surface area contributed by atoms with E-state index in [9.17, 15) is 8.42 Å². The summed E-state index contributed by atoms with van der Waals surface area (Å²) in [5.74, 6) is 0.466. The number of nitrogens with zero attached hydrogens (tertiary/aromatic N) is 4. The van der Waals surface area contributed by atoms with Gasteiger partial charge in [0.15, 0.2) is 5.03 Å². The van der Waals surface area contributed by atoms with E-state index in [1.54, 1.807) is 16.5 Å². The lowest BCUT2D eigenvalue weighted by Gasteiger charge is -2.30. The maximum Gasteiger partial charge on any atom is 0.242 e. The molecule has 0 fully saturated rings. The third-order valence-corrected chi connectivity index (χ3v) is 7.58. The molecule has 0 aliphatic carbocycles. The Hall–Kier alpha value is -3.10. The molecule has 0 amide bonds. The smallest absolute Gasteiger partial charge is 0.242 e. The van der Waals surface area contributed by atoms with Crippen molar-refractivity contribution in [3.05, 3.63) is 102 Å². The molecule has 0 unspecified atom stereocenters. The van der Waals surface area contributed by atoms with Gasteiger partial charge < -0.3 is 4.42 Å². The first-order valence-corrected chi connectivity index (χ1v) is 12.4. The standard InChI is InChI=1S/C23H26B2N4O3S/c1-24(17-20-9-5-3-6-10-20)29(25(2)18-21-11-7-4-8-12-21)33(30,31)23-13-15-28(27-23)19-22-26-14-16-32-22/h3-16H,17-19H2,1-2H3. The number of sulfonamides is 1. The highest BCUT2D eigenvalue weighted by atomic mass is 32.2. The average molecular weight is 460 g/mol. The van der Waals surface area contributed by atoms with Crippen LogP contribution >= 0.6 is 0 Å². The fourth-order valence-corrected chi connectivity index (χ4v) is 5.90. The van der Waals surface area contributed by atoms with Gasteiger partial charge in [-0.2, -0.15) is 5.10 Å². The number of hydrogen-bond acceptors (Lipinski definition) is 5. The third kappa shape index (κ3) is 5.64. The van der Waals surface area contributed by atoms with E-state index in [-0.39, 0.29) is 25.3 Å². The summed E-state index contributed by atoms with van der Waals surface area (Å²) in [6.45, 7) is 3.66. The van der Waals surface area contributed by atoms with E-state index in [1.807, 2.05) is 74.3 Å². The molecule has 10 heteroatoms. The van der Waals surface area contributed by atoms with Crippen molar-refractivity contribution in [1.82, 2.24) is 18.9 Å². The maximum absolute atomic E-state index is 13.8. The van der Waals surface area contributed by atoms with Crippen molar-refractivity contribution in [1.29, 1.82) is 0 Å². The van der Waals surface area contributed by atoms with E-state index in [2.05, 4.69) is 10.1 Å². The van der Waals surface area contributed by atoms with Crippen LogP contribution in [0, 0.1) is 0 Å². The molecular formula is C23H26B2N4O3S. The Morgan fingerprint density at radius 1 is 0.909 bits per heavy atom. The van der Waals surface area contributed by atoms with Crippen LogP contribution in [0.25, 0.3) is 0 Å². The highest BCUT2D eigenvalue weighted by Crippen LogP contribution is 2.21. The molecule has 2 aromatic heterocycles. The molecule has 0 radical (unpaired) electrons. The third-order valence-electron chi connectivity index (χ3n) is 5.56. The molecule has 0 aliphatic rings. The fourth-order valence-electron chi connectivity index (χ4n) is 4.14. The van der Waals surface area contributed by atoms with Gasteiger partial charge in [0.05, 0.1) is 6.20 Å². The van der Waals surface area contributed by atoms with Gasteiger partial charge in [-0.15, -0.1) is 0 Å². The fraction of sp³-hybridized carbons (Fsp3) is 0.217. The zero-order valence-electron chi connectivity index (χ0n) is 18.8. The van der Waals surface area contributed by atoms with Gasteiger partial charge in [-0.3, -0.25) is 8.81 Å². The van der Waals surface area contributed by atoms with Crippen molar-refractivity contribution < 1.29 is 12.8 Å². The van der Waals surface area contributed by atoms with Crippen LogP contribution in [0.5, 0.6) is 0 Å². The van der Waals surface area contributed by atoms with Crippen molar-refractivity contribution in [2.45, 2.75) is 37.9 Å². The number of benzene rings is 2. The van der Waals surface area contributed by atoms with E-state index in [4.69, 9.17) is 4.42 Å². The molecule has 33 heavy (non-hydrogen) atoms. The molecule has 4 aromatic rings. The molecule has 168 valence electrons. The lowest BCUT2D eigenvalue weighted by molar-refractivity contribution is 0.461. The van der Waals surface area contributed by atoms with Crippen LogP contribution in [0.2, 0.25) is 13.6 Å². The zero-order valence-corrected chi connectivity index (χ0v) is 19.6. The molecule has 2 heterocycles. The highest BCUT2D eigenvalue weighted by molar-refractivity contribution is 7.91. The summed E-state index contributed by atoms with van der Waals surface area (Å²) in [6.07, 6.45) is 5.88. The Kier molecular flexibility index (Phi) is 7.15. The molecule has 0 N–H and O–H groups in total. The van der Waals surface area contributed by atoms with E-state index >= 15 is 0 Å². The van der Waals surface area contributed by atoms with Crippen molar-refractivity contribution in [2.75, 3.05) is 0 Å². The number of rotatable bonds is 10. The minimum Gasteiger partial charge on any atom is -0.447 e. The summed E-state index contributed by atoms with van der Waals surface area (Å²) < 4.78 is 36.0. The van der Waals surface area contributed by atoms with Crippen LogP contribution in [0.4, 0.5) is 0 Å². The van der Waals surface area contributed by atoms with Crippen LogP contribution in [-0.4, -0.2) is 41.0 Å². The van der Waals surface area contributed by atoms with Crippen molar-refractivity contribution >= 4 is 23.7 Å². The van der Waals surface area contributed by atoms with Gasteiger partial charge >= 0.3 is 0 Å². The van der Waals surface area contributed by atoms with E-state index < -0.39 is 10.0 Å². The lowest BCUT2D eigenvalue weighted by atomic mass is 9.48. The SMILES string of the molecule is CB(Cc1ccccc1)N(B(C)Cc1ccccc1)S(=O)(=O)c1ccn(Cc2ncco2)n1. The Balaban J connectivity index is 1.62. The summed E-state index contributed by atoms with van der Waals surface area (Å²) in [7, 11) is -3.85. The first-order chi connectivity index (χ1) is 15.9. The molecule has 0 bridgehead atoms. The van der Waals surface area contributed by atoms with Gasteiger partial charge in [-0.1, -0.05) is 85.4 Å². The summed E-state index contributed by atoms with van der Waals surface area (Å²) in [5, 5.41) is 4.37. The largest absolute Gasteiger partial charge is 0.447 e. The van der Waals surface area contributed by atoms with Crippen LogP contribution in [0.15, 0.2) is 94.8 Å². The molecule has 0 aliphatic heterocycles. The average Bonchev–Trinajstić information content (AvgIpc) is 3.48. The molecule has 4 rings (SSSR count). The number of hydrogen-bond donors (Lipinski definition) is 0. The minimum atomic E-state index is -3.85. The summed E-state index contributed by atoms with van der Waals surface area (Å²) in [4.78, 5) is 4.08. The quantitative estimate of drug-likeness (QED) is 0.337. The summed E-state index contributed by atoms with van der Waals surface area (Å²) in [6, 6.07) is 21.4. The normalized spacial score (nSPS) is 11.6. The molecule has 2 aromatic carbocycles. The van der Waals surface area contributed by atoms with Gasteiger partial charge in [0.2, 0.25) is 29.6 Å². The van der Waals surface area contributed by atoms with E-state index in [1.165, 1.54) is 17.0 Å². The molecular weight excluding hydrogens is 434 g/mol. The van der Waals surface area contributed by atoms with E-state index in [0.29, 0.717) is 18.5 Å². The first kappa shape index (κ1) is 23.1. The van der Waals surface area contributed by atoms with Gasteiger partial charge in [-0.25, -0.2) is 13.4 Å². The second-order valence-corrected chi connectivity index (χ2v) is 9.98. The molecule has 0 saturated heterocycles. The maximum atomic E-state index is 13.8. The van der Waals surface area contributed by atoms with Crippen LogP contribution in [-0.2, 0) is 29.2 Å². The summed E-state index contributed by atoms with van der Waals surface area (Å²) in [5.41, 5.74) is 2.18. The van der Waals surface area contributed by atoms with Crippen LogP contribution in [0.1, 0.15) is 17.0 Å². The van der Waals surface area contributed by atoms with Gasteiger partial charge in [-0.05, 0) is 18.7 Å².